The van der Waals surface area contributed by atoms with Crippen LogP contribution in [-0.2, 0) is 3.55 Å². The quantitative estimate of drug-likeness (QED) is 0.481. The van der Waals surface area contributed by atoms with Crippen molar-refractivity contribution in [3.8, 4) is 0 Å². The Hall–Kier alpha value is 0.200. The molecule has 3 heteroatoms. The molecule has 1 nitrogen and oxygen atoms in total. The SMILES string of the molecule is Cc1ccc([C@](C)(N)I)cc1C.Cl. The van der Waals surface area contributed by atoms with E-state index in [0.717, 1.165) is 0 Å². The fourth-order valence-electron chi connectivity index (χ4n) is 1.05. The minimum atomic E-state index is -0.254. The molecule has 0 aromatic heterocycles. The predicted octanol–water partition coefficient (Wildman–Crippen LogP) is 3.29. The van der Waals surface area contributed by atoms with Gasteiger partial charge in [0.15, 0.2) is 0 Å². The van der Waals surface area contributed by atoms with E-state index in [1.807, 2.05) is 6.92 Å². The van der Waals surface area contributed by atoms with E-state index in [1.54, 1.807) is 0 Å². The molecular weight excluding hydrogens is 296 g/mol. The lowest BCUT2D eigenvalue weighted by Crippen LogP contribution is -2.24. The Labute approximate surface area is 99.6 Å². The van der Waals surface area contributed by atoms with Gasteiger partial charge in [-0.1, -0.05) is 40.8 Å². The summed E-state index contributed by atoms with van der Waals surface area (Å²) < 4.78 is -0.254. The standard InChI is InChI=1S/C10H14IN.ClH/c1-7-4-5-9(6-8(7)2)10(3,11)12;/h4-6H,12H2,1-3H3;1H/t10-;/m0./s1. The van der Waals surface area contributed by atoms with Crippen molar-refractivity contribution in [1.82, 2.24) is 0 Å². The first-order valence-electron chi connectivity index (χ1n) is 3.97. The van der Waals surface area contributed by atoms with Crippen LogP contribution in [0.1, 0.15) is 23.6 Å². The molecule has 0 spiro atoms. The van der Waals surface area contributed by atoms with Crippen LogP contribution in [0.5, 0.6) is 0 Å². The van der Waals surface area contributed by atoms with Crippen LogP contribution in [0.4, 0.5) is 0 Å². The number of alkyl halides is 1. The average molecular weight is 312 g/mol. The van der Waals surface area contributed by atoms with Gasteiger partial charge in [0.1, 0.15) is 0 Å². The minimum Gasteiger partial charge on any atom is -0.313 e. The van der Waals surface area contributed by atoms with Crippen molar-refractivity contribution in [3.63, 3.8) is 0 Å². The fraction of sp³-hybridized carbons (Fsp3) is 0.400. The van der Waals surface area contributed by atoms with E-state index in [1.165, 1.54) is 16.7 Å². The Balaban J connectivity index is 0.00000144. The number of aryl methyl sites for hydroxylation is 2. The highest BCUT2D eigenvalue weighted by Gasteiger charge is 2.15. The second-order valence-electron chi connectivity index (χ2n) is 3.37. The topological polar surface area (TPSA) is 26.0 Å². The second-order valence-corrected chi connectivity index (χ2v) is 5.62. The largest absolute Gasteiger partial charge is 0.313 e. The maximum atomic E-state index is 5.96. The van der Waals surface area contributed by atoms with E-state index in [9.17, 15) is 0 Å². The maximum Gasteiger partial charge on any atom is 0.0906 e. The molecule has 0 amide bonds. The summed E-state index contributed by atoms with van der Waals surface area (Å²) >= 11 is 2.25. The molecule has 2 N–H and O–H groups in total. The highest BCUT2D eigenvalue weighted by Crippen LogP contribution is 2.26. The lowest BCUT2D eigenvalue weighted by molar-refractivity contribution is 0.778. The zero-order chi connectivity index (χ0) is 9.35. The Morgan fingerprint density at radius 1 is 1.23 bits per heavy atom. The van der Waals surface area contributed by atoms with Crippen LogP contribution in [0, 0.1) is 13.8 Å². The van der Waals surface area contributed by atoms with Gasteiger partial charge in [-0.15, -0.1) is 12.4 Å². The molecule has 0 radical (unpaired) electrons. The Bertz CT molecular complexity index is 291. The Morgan fingerprint density at radius 3 is 2.15 bits per heavy atom. The van der Waals surface area contributed by atoms with Crippen LogP contribution in [0.25, 0.3) is 0 Å². The van der Waals surface area contributed by atoms with Gasteiger partial charge in [-0.3, -0.25) is 0 Å². The van der Waals surface area contributed by atoms with Gasteiger partial charge in [-0.25, -0.2) is 0 Å². The van der Waals surface area contributed by atoms with Crippen molar-refractivity contribution in [3.05, 3.63) is 34.9 Å². The van der Waals surface area contributed by atoms with Gasteiger partial charge < -0.3 is 5.73 Å². The molecule has 74 valence electrons. The average Bonchev–Trinajstić information content (AvgIpc) is 1.92. The molecule has 13 heavy (non-hydrogen) atoms. The molecule has 1 aromatic carbocycles. The van der Waals surface area contributed by atoms with Crippen LogP contribution in [0.2, 0.25) is 0 Å². The molecule has 0 saturated heterocycles. The molecule has 1 rings (SSSR count). The van der Waals surface area contributed by atoms with E-state index in [2.05, 4.69) is 54.6 Å². The second kappa shape index (κ2) is 4.62. The maximum absolute atomic E-state index is 5.96. The van der Waals surface area contributed by atoms with E-state index in [0.29, 0.717) is 0 Å². The van der Waals surface area contributed by atoms with Crippen LogP contribution in [0.3, 0.4) is 0 Å². The van der Waals surface area contributed by atoms with Gasteiger partial charge in [-0.05, 0) is 37.5 Å². The summed E-state index contributed by atoms with van der Waals surface area (Å²) in [4.78, 5) is 0. The summed E-state index contributed by atoms with van der Waals surface area (Å²) in [6.07, 6.45) is 0. The first kappa shape index (κ1) is 13.2. The molecule has 0 aliphatic carbocycles. The van der Waals surface area contributed by atoms with Crippen LogP contribution in [0.15, 0.2) is 18.2 Å². The zero-order valence-electron chi connectivity index (χ0n) is 8.10. The Morgan fingerprint density at radius 2 is 1.77 bits per heavy atom. The highest BCUT2D eigenvalue weighted by atomic mass is 127. The van der Waals surface area contributed by atoms with Crippen molar-refractivity contribution in [1.29, 1.82) is 0 Å². The normalized spacial score (nSPS) is 14.5. The van der Waals surface area contributed by atoms with Crippen molar-refractivity contribution >= 4 is 35.0 Å². The first-order valence-corrected chi connectivity index (χ1v) is 5.04. The van der Waals surface area contributed by atoms with Crippen molar-refractivity contribution < 1.29 is 0 Å². The van der Waals surface area contributed by atoms with Crippen LogP contribution < -0.4 is 5.73 Å². The third-order valence-electron chi connectivity index (χ3n) is 2.07. The monoisotopic (exact) mass is 311 g/mol. The fourth-order valence-corrected chi connectivity index (χ4v) is 1.38. The lowest BCUT2D eigenvalue weighted by atomic mass is 10.0. The number of benzene rings is 1. The number of hydrogen-bond acceptors (Lipinski definition) is 1. The summed E-state index contributed by atoms with van der Waals surface area (Å²) in [6.45, 7) is 6.24. The van der Waals surface area contributed by atoms with Gasteiger partial charge in [0.05, 0.1) is 3.55 Å². The molecule has 0 aliphatic rings. The van der Waals surface area contributed by atoms with Crippen LogP contribution >= 0.6 is 35.0 Å². The van der Waals surface area contributed by atoms with E-state index in [-0.39, 0.29) is 16.0 Å². The van der Waals surface area contributed by atoms with Gasteiger partial charge in [0, 0.05) is 0 Å². The van der Waals surface area contributed by atoms with E-state index >= 15 is 0 Å². The lowest BCUT2D eigenvalue weighted by Gasteiger charge is -2.18. The molecule has 1 atom stereocenters. The molecule has 0 saturated carbocycles. The third-order valence-corrected chi connectivity index (χ3v) is 2.69. The molecule has 0 fully saturated rings. The van der Waals surface area contributed by atoms with Gasteiger partial charge >= 0.3 is 0 Å². The first-order chi connectivity index (χ1) is 5.41. The number of nitrogens with two attached hydrogens (primary N) is 1. The summed E-state index contributed by atoms with van der Waals surface area (Å²) in [5, 5.41) is 0. The smallest absolute Gasteiger partial charge is 0.0906 e. The van der Waals surface area contributed by atoms with Crippen molar-refractivity contribution in [2.45, 2.75) is 24.3 Å². The Kier molecular flexibility index (Phi) is 4.69. The molecule has 0 unspecified atom stereocenters. The number of halogens is 2. The summed E-state index contributed by atoms with van der Waals surface area (Å²) in [6, 6.07) is 6.37. The summed E-state index contributed by atoms with van der Waals surface area (Å²) in [7, 11) is 0. The minimum absolute atomic E-state index is 0. The van der Waals surface area contributed by atoms with E-state index in [4.69, 9.17) is 5.73 Å². The zero-order valence-corrected chi connectivity index (χ0v) is 11.1. The summed E-state index contributed by atoms with van der Waals surface area (Å²) in [5.41, 5.74) is 9.77. The number of rotatable bonds is 1. The molecule has 0 aliphatic heterocycles. The number of hydrogen-bond donors (Lipinski definition) is 1. The molecule has 0 heterocycles. The molecular formula is C10H15ClIN. The van der Waals surface area contributed by atoms with Crippen molar-refractivity contribution in [2.75, 3.05) is 0 Å². The van der Waals surface area contributed by atoms with Gasteiger partial charge in [0.2, 0.25) is 0 Å². The van der Waals surface area contributed by atoms with Crippen molar-refractivity contribution in [2.24, 2.45) is 5.73 Å². The van der Waals surface area contributed by atoms with Crippen LogP contribution in [-0.4, -0.2) is 0 Å². The predicted molar refractivity (Wildman–Crippen MR) is 68.7 cm³/mol. The summed E-state index contributed by atoms with van der Waals surface area (Å²) in [5.74, 6) is 0. The third kappa shape index (κ3) is 3.44. The van der Waals surface area contributed by atoms with Gasteiger partial charge in [0.25, 0.3) is 0 Å². The van der Waals surface area contributed by atoms with E-state index < -0.39 is 0 Å². The molecule has 0 bridgehead atoms. The highest BCUT2D eigenvalue weighted by molar-refractivity contribution is 14.1. The van der Waals surface area contributed by atoms with Gasteiger partial charge in [-0.2, -0.15) is 0 Å². The molecule has 1 aromatic rings.